The highest BCUT2D eigenvalue weighted by atomic mass is 35.5. The van der Waals surface area contributed by atoms with Crippen LogP contribution < -0.4 is 5.73 Å². The molecule has 6 heteroatoms. The Hall–Kier alpha value is -0.940. The van der Waals surface area contributed by atoms with Crippen molar-refractivity contribution in [3.05, 3.63) is 28.3 Å². The molecule has 0 atom stereocenters. The van der Waals surface area contributed by atoms with Crippen molar-refractivity contribution in [2.24, 2.45) is 5.73 Å². The SMILES string of the molecule is NC1(c2cc(C(F)(F)F)cc(Cl)c2O)CCC1. The number of phenolic OH excluding ortho intramolecular Hbond substituents is 1. The van der Waals surface area contributed by atoms with E-state index in [1.165, 1.54) is 0 Å². The fourth-order valence-corrected chi connectivity index (χ4v) is 2.19. The third kappa shape index (κ3) is 2.09. The lowest BCUT2D eigenvalue weighted by molar-refractivity contribution is -0.137. The van der Waals surface area contributed by atoms with Crippen LogP contribution in [0.3, 0.4) is 0 Å². The highest BCUT2D eigenvalue weighted by Gasteiger charge is 2.40. The molecule has 1 aliphatic carbocycles. The maximum atomic E-state index is 12.6. The standard InChI is InChI=1S/C11H11ClF3NO/c12-8-5-6(11(13,14)15)4-7(9(8)17)10(16)2-1-3-10/h4-5,17H,1-3,16H2. The summed E-state index contributed by atoms with van der Waals surface area (Å²) in [4.78, 5) is 0. The Bertz CT molecular complexity index is 455. The molecule has 0 saturated heterocycles. The minimum atomic E-state index is -4.49. The second-order valence-corrected chi connectivity index (χ2v) is 4.77. The molecule has 1 aromatic carbocycles. The molecule has 0 spiro atoms. The first-order valence-electron chi connectivity index (χ1n) is 5.13. The van der Waals surface area contributed by atoms with Crippen molar-refractivity contribution in [1.82, 2.24) is 0 Å². The number of aromatic hydroxyl groups is 1. The van der Waals surface area contributed by atoms with Gasteiger partial charge in [-0.05, 0) is 31.4 Å². The maximum Gasteiger partial charge on any atom is 0.416 e. The van der Waals surface area contributed by atoms with Crippen molar-refractivity contribution in [1.29, 1.82) is 0 Å². The summed E-state index contributed by atoms with van der Waals surface area (Å²) in [6.45, 7) is 0. The van der Waals surface area contributed by atoms with Gasteiger partial charge in [-0.2, -0.15) is 13.2 Å². The van der Waals surface area contributed by atoms with Gasteiger partial charge >= 0.3 is 6.18 Å². The van der Waals surface area contributed by atoms with Crippen LogP contribution in [0.4, 0.5) is 13.2 Å². The number of hydrogen-bond acceptors (Lipinski definition) is 2. The summed E-state index contributed by atoms with van der Waals surface area (Å²) in [5.41, 5.74) is 4.24. The molecule has 1 aromatic rings. The molecule has 0 unspecified atom stereocenters. The normalized spacial score (nSPS) is 18.9. The second-order valence-electron chi connectivity index (χ2n) is 4.36. The topological polar surface area (TPSA) is 46.2 Å². The summed E-state index contributed by atoms with van der Waals surface area (Å²) in [6, 6.07) is 1.60. The number of rotatable bonds is 1. The van der Waals surface area contributed by atoms with Gasteiger partial charge < -0.3 is 10.8 Å². The summed E-state index contributed by atoms with van der Waals surface area (Å²) < 4.78 is 37.8. The quantitative estimate of drug-likeness (QED) is 0.817. The van der Waals surface area contributed by atoms with Gasteiger partial charge in [-0.3, -0.25) is 0 Å². The van der Waals surface area contributed by atoms with Gasteiger partial charge in [0.15, 0.2) is 0 Å². The van der Waals surface area contributed by atoms with Crippen molar-refractivity contribution < 1.29 is 18.3 Å². The molecule has 0 aromatic heterocycles. The lowest BCUT2D eigenvalue weighted by Crippen LogP contribution is -2.43. The van der Waals surface area contributed by atoms with Crippen molar-refractivity contribution in [2.75, 3.05) is 0 Å². The first-order valence-corrected chi connectivity index (χ1v) is 5.51. The summed E-state index contributed by atoms with van der Waals surface area (Å²) in [7, 11) is 0. The van der Waals surface area contributed by atoms with E-state index in [4.69, 9.17) is 17.3 Å². The number of benzene rings is 1. The van der Waals surface area contributed by atoms with E-state index in [1.54, 1.807) is 0 Å². The van der Waals surface area contributed by atoms with Gasteiger partial charge in [0.05, 0.1) is 10.6 Å². The van der Waals surface area contributed by atoms with E-state index >= 15 is 0 Å². The molecule has 1 fully saturated rings. The first kappa shape index (κ1) is 12.5. The largest absolute Gasteiger partial charge is 0.506 e. The van der Waals surface area contributed by atoms with Crippen molar-refractivity contribution in [2.45, 2.75) is 31.0 Å². The van der Waals surface area contributed by atoms with E-state index in [-0.39, 0.29) is 16.3 Å². The smallest absolute Gasteiger partial charge is 0.416 e. The van der Waals surface area contributed by atoms with Crippen LogP contribution in [-0.4, -0.2) is 5.11 Å². The van der Waals surface area contributed by atoms with Crippen LogP contribution in [0.15, 0.2) is 12.1 Å². The van der Waals surface area contributed by atoms with Crippen LogP contribution in [0.25, 0.3) is 0 Å². The molecule has 0 amide bonds. The fourth-order valence-electron chi connectivity index (χ4n) is 1.97. The molecular formula is C11H11ClF3NO. The Balaban J connectivity index is 2.55. The van der Waals surface area contributed by atoms with Gasteiger partial charge in [0.25, 0.3) is 0 Å². The van der Waals surface area contributed by atoms with Crippen LogP contribution in [-0.2, 0) is 11.7 Å². The van der Waals surface area contributed by atoms with Gasteiger partial charge in [-0.15, -0.1) is 0 Å². The summed E-state index contributed by atoms with van der Waals surface area (Å²) in [6.07, 6.45) is -2.55. The average molecular weight is 266 g/mol. The van der Waals surface area contributed by atoms with Gasteiger partial charge in [0, 0.05) is 11.1 Å². The van der Waals surface area contributed by atoms with Gasteiger partial charge in [-0.1, -0.05) is 11.6 Å². The van der Waals surface area contributed by atoms with E-state index in [9.17, 15) is 18.3 Å². The van der Waals surface area contributed by atoms with Crippen LogP contribution in [0.1, 0.15) is 30.4 Å². The van der Waals surface area contributed by atoms with E-state index < -0.39 is 17.3 Å². The van der Waals surface area contributed by atoms with Gasteiger partial charge in [0.2, 0.25) is 0 Å². The summed E-state index contributed by atoms with van der Waals surface area (Å²) in [5.74, 6) is -0.345. The fraction of sp³-hybridized carbons (Fsp3) is 0.455. The number of phenols is 1. The molecular weight excluding hydrogens is 255 g/mol. The van der Waals surface area contributed by atoms with Crippen LogP contribution in [0.5, 0.6) is 5.75 Å². The Kier molecular flexibility index (Phi) is 2.78. The van der Waals surface area contributed by atoms with Crippen molar-refractivity contribution in [3.63, 3.8) is 0 Å². The highest BCUT2D eigenvalue weighted by molar-refractivity contribution is 6.32. The number of nitrogens with two attached hydrogens (primary N) is 1. The Morgan fingerprint density at radius 2 is 1.88 bits per heavy atom. The maximum absolute atomic E-state index is 12.6. The summed E-state index contributed by atoms with van der Waals surface area (Å²) >= 11 is 5.61. The average Bonchev–Trinajstić information content (AvgIpc) is 2.17. The third-order valence-electron chi connectivity index (χ3n) is 3.17. The Morgan fingerprint density at radius 1 is 1.29 bits per heavy atom. The van der Waals surface area contributed by atoms with Gasteiger partial charge in [0.1, 0.15) is 5.75 Å². The van der Waals surface area contributed by atoms with Crippen molar-refractivity contribution in [3.8, 4) is 5.75 Å². The Labute approximate surface area is 101 Å². The van der Waals surface area contributed by atoms with Crippen LogP contribution in [0, 0.1) is 0 Å². The molecule has 0 radical (unpaired) electrons. The molecule has 2 nitrogen and oxygen atoms in total. The van der Waals surface area contributed by atoms with E-state index in [1.807, 2.05) is 0 Å². The molecule has 0 bridgehead atoms. The highest BCUT2D eigenvalue weighted by Crippen LogP contribution is 2.46. The molecule has 2 rings (SSSR count). The molecule has 0 aliphatic heterocycles. The number of alkyl halides is 3. The number of hydrogen-bond donors (Lipinski definition) is 2. The van der Waals surface area contributed by atoms with Crippen LogP contribution in [0.2, 0.25) is 5.02 Å². The van der Waals surface area contributed by atoms with E-state index in [0.717, 1.165) is 12.5 Å². The zero-order valence-electron chi connectivity index (χ0n) is 8.81. The van der Waals surface area contributed by atoms with Crippen molar-refractivity contribution >= 4 is 11.6 Å². The lowest BCUT2D eigenvalue weighted by atomic mass is 9.72. The monoisotopic (exact) mass is 265 g/mol. The lowest BCUT2D eigenvalue weighted by Gasteiger charge is -2.39. The molecule has 1 saturated carbocycles. The minimum Gasteiger partial charge on any atom is -0.506 e. The molecule has 0 heterocycles. The van der Waals surface area contributed by atoms with E-state index in [0.29, 0.717) is 18.9 Å². The molecule has 3 N–H and O–H groups in total. The number of halogens is 4. The molecule has 17 heavy (non-hydrogen) atoms. The first-order chi connectivity index (χ1) is 7.74. The Morgan fingerprint density at radius 3 is 2.29 bits per heavy atom. The molecule has 94 valence electrons. The zero-order chi connectivity index (χ0) is 12.8. The zero-order valence-corrected chi connectivity index (χ0v) is 9.57. The van der Waals surface area contributed by atoms with Crippen LogP contribution >= 0.6 is 11.6 Å². The second kappa shape index (κ2) is 3.78. The predicted molar refractivity (Wildman–Crippen MR) is 57.8 cm³/mol. The minimum absolute atomic E-state index is 0.0866. The van der Waals surface area contributed by atoms with Gasteiger partial charge in [-0.25, -0.2) is 0 Å². The molecule has 1 aliphatic rings. The third-order valence-corrected chi connectivity index (χ3v) is 3.46. The summed E-state index contributed by atoms with van der Waals surface area (Å²) in [5, 5.41) is 9.40. The van der Waals surface area contributed by atoms with E-state index in [2.05, 4.69) is 0 Å². The predicted octanol–water partition coefficient (Wildman–Crippen LogP) is 3.40.